The molecule has 2 fully saturated rings. The SMILES string of the molecule is CCC1CCN(c2nc(C3CC3)nc(N)c2C)CC1. The molecular formula is C15H24N4. The average Bonchev–Trinajstić information content (AvgIpc) is 3.26. The van der Waals surface area contributed by atoms with E-state index in [4.69, 9.17) is 10.7 Å². The Bertz CT molecular complexity index is 459. The zero-order valence-electron chi connectivity index (χ0n) is 12.0. The summed E-state index contributed by atoms with van der Waals surface area (Å²) in [6.45, 7) is 6.56. The molecule has 2 aliphatic rings. The molecule has 0 spiro atoms. The third kappa shape index (κ3) is 2.53. The standard InChI is InChI=1S/C15H24N4/c1-3-11-6-8-19(9-7-11)15-10(2)13(16)17-14(18-15)12-4-5-12/h11-12H,3-9H2,1-2H3,(H2,16,17,18). The highest BCUT2D eigenvalue weighted by Gasteiger charge is 2.29. The van der Waals surface area contributed by atoms with E-state index in [2.05, 4.69) is 16.8 Å². The fourth-order valence-corrected chi connectivity index (χ4v) is 2.92. The molecule has 4 nitrogen and oxygen atoms in total. The fraction of sp³-hybridized carbons (Fsp3) is 0.733. The van der Waals surface area contributed by atoms with Gasteiger partial charge in [-0.2, -0.15) is 0 Å². The lowest BCUT2D eigenvalue weighted by atomic mass is 9.94. The zero-order chi connectivity index (χ0) is 13.4. The molecule has 1 saturated heterocycles. The van der Waals surface area contributed by atoms with Gasteiger partial charge in [0.15, 0.2) is 0 Å². The minimum Gasteiger partial charge on any atom is -0.383 e. The molecule has 2 heterocycles. The van der Waals surface area contributed by atoms with E-state index in [1.54, 1.807) is 0 Å². The van der Waals surface area contributed by atoms with Gasteiger partial charge in [0.1, 0.15) is 17.5 Å². The number of hydrogen-bond acceptors (Lipinski definition) is 4. The number of aromatic nitrogens is 2. The molecule has 3 rings (SSSR count). The smallest absolute Gasteiger partial charge is 0.137 e. The third-order valence-corrected chi connectivity index (χ3v) is 4.61. The molecule has 4 heteroatoms. The number of anilines is 2. The first kappa shape index (κ1) is 12.7. The Kier molecular flexibility index (Phi) is 3.33. The van der Waals surface area contributed by atoms with Crippen LogP contribution in [0.1, 0.15) is 56.3 Å². The predicted octanol–water partition coefficient (Wildman–Crippen LogP) is 2.87. The van der Waals surface area contributed by atoms with Crippen molar-refractivity contribution in [1.29, 1.82) is 0 Å². The van der Waals surface area contributed by atoms with Crippen LogP contribution < -0.4 is 10.6 Å². The van der Waals surface area contributed by atoms with Gasteiger partial charge in [-0.3, -0.25) is 0 Å². The fourth-order valence-electron chi connectivity index (χ4n) is 2.92. The van der Waals surface area contributed by atoms with Gasteiger partial charge in [0.25, 0.3) is 0 Å². The van der Waals surface area contributed by atoms with Crippen LogP contribution in [0.5, 0.6) is 0 Å². The van der Waals surface area contributed by atoms with E-state index in [1.165, 1.54) is 32.1 Å². The maximum Gasteiger partial charge on any atom is 0.137 e. The lowest BCUT2D eigenvalue weighted by molar-refractivity contribution is 0.393. The summed E-state index contributed by atoms with van der Waals surface area (Å²) < 4.78 is 0. The summed E-state index contributed by atoms with van der Waals surface area (Å²) in [6.07, 6.45) is 6.29. The van der Waals surface area contributed by atoms with Crippen LogP contribution >= 0.6 is 0 Å². The third-order valence-electron chi connectivity index (χ3n) is 4.61. The van der Waals surface area contributed by atoms with Crippen LogP contribution in [-0.4, -0.2) is 23.1 Å². The van der Waals surface area contributed by atoms with E-state index in [0.29, 0.717) is 11.7 Å². The highest BCUT2D eigenvalue weighted by atomic mass is 15.2. The summed E-state index contributed by atoms with van der Waals surface area (Å²) >= 11 is 0. The zero-order valence-corrected chi connectivity index (χ0v) is 12.0. The van der Waals surface area contributed by atoms with E-state index in [9.17, 15) is 0 Å². The lowest BCUT2D eigenvalue weighted by Gasteiger charge is -2.33. The van der Waals surface area contributed by atoms with Crippen molar-refractivity contribution in [3.05, 3.63) is 11.4 Å². The first-order valence-corrected chi connectivity index (χ1v) is 7.58. The molecule has 0 amide bonds. The van der Waals surface area contributed by atoms with Crippen molar-refractivity contribution in [2.24, 2.45) is 5.92 Å². The van der Waals surface area contributed by atoms with Gasteiger partial charge in [0.05, 0.1) is 0 Å². The van der Waals surface area contributed by atoms with Crippen LogP contribution in [0.4, 0.5) is 11.6 Å². The Morgan fingerprint density at radius 1 is 1.16 bits per heavy atom. The van der Waals surface area contributed by atoms with Crippen molar-refractivity contribution in [2.75, 3.05) is 23.7 Å². The van der Waals surface area contributed by atoms with E-state index in [-0.39, 0.29) is 0 Å². The molecule has 1 aromatic rings. The van der Waals surface area contributed by atoms with Crippen molar-refractivity contribution in [1.82, 2.24) is 9.97 Å². The van der Waals surface area contributed by atoms with Crippen LogP contribution in [0.15, 0.2) is 0 Å². The molecule has 2 N–H and O–H groups in total. The first-order chi connectivity index (χ1) is 9.19. The van der Waals surface area contributed by atoms with E-state index in [1.807, 2.05) is 6.92 Å². The highest BCUT2D eigenvalue weighted by Crippen LogP contribution is 2.40. The lowest BCUT2D eigenvalue weighted by Crippen LogP contribution is -2.35. The number of piperidine rings is 1. The number of hydrogen-bond donors (Lipinski definition) is 1. The number of rotatable bonds is 3. The molecule has 0 bridgehead atoms. The number of nitrogens with two attached hydrogens (primary N) is 1. The average molecular weight is 260 g/mol. The molecule has 0 aromatic carbocycles. The second-order valence-electron chi connectivity index (χ2n) is 6.03. The summed E-state index contributed by atoms with van der Waals surface area (Å²) in [6, 6.07) is 0. The van der Waals surface area contributed by atoms with E-state index >= 15 is 0 Å². The Balaban J connectivity index is 1.83. The molecule has 0 radical (unpaired) electrons. The Labute approximate surface area is 115 Å². The summed E-state index contributed by atoms with van der Waals surface area (Å²) in [7, 11) is 0. The molecule has 0 unspecified atom stereocenters. The van der Waals surface area contributed by atoms with Crippen LogP contribution in [0.25, 0.3) is 0 Å². The molecule has 19 heavy (non-hydrogen) atoms. The van der Waals surface area contributed by atoms with Crippen molar-refractivity contribution in [2.45, 2.75) is 51.9 Å². The Morgan fingerprint density at radius 3 is 2.42 bits per heavy atom. The van der Waals surface area contributed by atoms with Gasteiger partial charge in [-0.05, 0) is 38.5 Å². The van der Waals surface area contributed by atoms with Gasteiger partial charge < -0.3 is 10.6 Å². The summed E-state index contributed by atoms with van der Waals surface area (Å²) in [5.74, 6) is 4.18. The molecular weight excluding hydrogens is 236 g/mol. The van der Waals surface area contributed by atoms with Crippen LogP contribution in [-0.2, 0) is 0 Å². The first-order valence-electron chi connectivity index (χ1n) is 7.58. The summed E-state index contributed by atoms with van der Waals surface area (Å²) in [5.41, 5.74) is 7.12. The van der Waals surface area contributed by atoms with Crippen LogP contribution in [0.3, 0.4) is 0 Å². The topological polar surface area (TPSA) is 55.0 Å². The summed E-state index contributed by atoms with van der Waals surface area (Å²) in [4.78, 5) is 11.7. The molecule has 1 saturated carbocycles. The Morgan fingerprint density at radius 2 is 1.84 bits per heavy atom. The van der Waals surface area contributed by atoms with Gasteiger partial charge in [-0.1, -0.05) is 13.3 Å². The number of nitrogens with zero attached hydrogens (tertiary/aromatic N) is 3. The largest absolute Gasteiger partial charge is 0.383 e. The second-order valence-corrected chi connectivity index (χ2v) is 6.03. The van der Waals surface area contributed by atoms with Gasteiger partial charge in [0, 0.05) is 24.6 Å². The second kappa shape index (κ2) is 4.99. The minimum absolute atomic E-state index is 0.565. The molecule has 0 atom stereocenters. The van der Waals surface area contributed by atoms with Crippen LogP contribution in [0, 0.1) is 12.8 Å². The minimum atomic E-state index is 0.565. The van der Waals surface area contributed by atoms with Crippen molar-refractivity contribution >= 4 is 11.6 Å². The van der Waals surface area contributed by atoms with Gasteiger partial charge >= 0.3 is 0 Å². The monoisotopic (exact) mass is 260 g/mol. The quantitative estimate of drug-likeness (QED) is 0.908. The highest BCUT2D eigenvalue weighted by molar-refractivity contribution is 5.57. The predicted molar refractivity (Wildman–Crippen MR) is 78.4 cm³/mol. The van der Waals surface area contributed by atoms with Gasteiger partial charge in [-0.25, -0.2) is 9.97 Å². The van der Waals surface area contributed by atoms with E-state index in [0.717, 1.165) is 36.2 Å². The summed E-state index contributed by atoms with van der Waals surface area (Å²) in [5, 5.41) is 0. The molecule has 1 aliphatic heterocycles. The maximum atomic E-state index is 6.07. The Hall–Kier alpha value is -1.32. The van der Waals surface area contributed by atoms with Gasteiger partial charge in [-0.15, -0.1) is 0 Å². The molecule has 1 aromatic heterocycles. The number of nitrogen functional groups attached to an aromatic ring is 1. The molecule has 104 valence electrons. The van der Waals surface area contributed by atoms with E-state index < -0.39 is 0 Å². The maximum absolute atomic E-state index is 6.07. The normalized spacial score (nSPS) is 20.8. The van der Waals surface area contributed by atoms with Crippen molar-refractivity contribution in [3.63, 3.8) is 0 Å². The van der Waals surface area contributed by atoms with Crippen molar-refractivity contribution in [3.8, 4) is 0 Å². The van der Waals surface area contributed by atoms with Gasteiger partial charge in [0.2, 0.25) is 0 Å². The molecule has 1 aliphatic carbocycles. The van der Waals surface area contributed by atoms with Crippen molar-refractivity contribution < 1.29 is 0 Å². The van der Waals surface area contributed by atoms with Crippen LogP contribution in [0.2, 0.25) is 0 Å².